The lowest BCUT2D eigenvalue weighted by Crippen LogP contribution is -2.40. The molecule has 1 atom stereocenters. The number of fused-ring (bicyclic) bond motifs is 1. The van der Waals surface area contributed by atoms with Crippen molar-refractivity contribution in [2.75, 3.05) is 13.1 Å². The molecule has 0 bridgehead atoms. The molecule has 1 aliphatic carbocycles. The van der Waals surface area contributed by atoms with Crippen molar-refractivity contribution in [3.63, 3.8) is 0 Å². The van der Waals surface area contributed by atoms with Gasteiger partial charge in [0.25, 0.3) is 0 Å². The van der Waals surface area contributed by atoms with Crippen LogP contribution < -0.4 is 10.6 Å². The van der Waals surface area contributed by atoms with Crippen molar-refractivity contribution in [2.24, 2.45) is 0 Å². The molecule has 0 saturated heterocycles. The van der Waals surface area contributed by atoms with E-state index in [9.17, 15) is 14.7 Å². The van der Waals surface area contributed by atoms with E-state index in [4.69, 9.17) is 5.11 Å². The molecule has 2 aromatic carbocycles. The first-order valence-electron chi connectivity index (χ1n) is 8.94. The molecule has 0 radical (unpaired) electrons. The number of hydrogen-bond donors (Lipinski definition) is 4. The number of aryl methyl sites for hydroxylation is 1. The number of benzene rings is 2. The Labute approximate surface area is 159 Å². The minimum absolute atomic E-state index is 0.302. The molecule has 0 spiro atoms. The molecule has 2 aromatic rings. The maximum atomic E-state index is 10.3. The summed E-state index contributed by atoms with van der Waals surface area (Å²) in [6.07, 6.45) is 2.12. The largest absolute Gasteiger partial charge is 0.478 e. The monoisotopic (exact) mass is 370 g/mol. The number of aliphatic hydroxyl groups is 1. The molecule has 1 amide bonds. The molecular weight excluding hydrogens is 344 g/mol. The quantitative estimate of drug-likeness (QED) is 0.554. The summed E-state index contributed by atoms with van der Waals surface area (Å²) in [7, 11) is 0. The zero-order chi connectivity index (χ0) is 19.6. The first-order valence-corrected chi connectivity index (χ1v) is 8.94. The van der Waals surface area contributed by atoms with Gasteiger partial charge in [-0.05, 0) is 43.0 Å². The SMILES string of the molecule is Cc1ccc(C(=O)O)cc1.O=CNCC(O)CNC1Cc2ccccc2C1. The van der Waals surface area contributed by atoms with Crippen LogP contribution in [0.2, 0.25) is 0 Å². The van der Waals surface area contributed by atoms with Crippen LogP contribution in [-0.4, -0.2) is 47.8 Å². The van der Waals surface area contributed by atoms with Crippen LogP contribution in [-0.2, 0) is 17.6 Å². The van der Waals surface area contributed by atoms with Crippen molar-refractivity contribution < 1.29 is 19.8 Å². The van der Waals surface area contributed by atoms with Crippen molar-refractivity contribution in [2.45, 2.75) is 31.9 Å². The Morgan fingerprint density at radius 2 is 1.70 bits per heavy atom. The van der Waals surface area contributed by atoms with Gasteiger partial charge in [0.05, 0.1) is 11.7 Å². The fourth-order valence-electron chi connectivity index (χ4n) is 2.96. The molecule has 0 aromatic heterocycles. The summed E-state index contributed by atoms with van der Waals surface area (Å²) in [5, 5.41) is 23.9. The van der Waals surface area contributed by atoms with Gasteiger partial charge in [-0.2, -0.15) is 0 Å². The van der Waals surface area contributed by atoms with Gasteiger partial charge in [0.2, 0.25) is 6.41 Å². The average Bonchev–Trinajstić information content (AvgIpc) is 3.08. The molecule has 144 valence electrons. The Hall–Kier alpha value is -2.70. The van der Waals surface area contributed by atoms with Crippen LogP contribution >= 0.6 is 0 Å². The number of hydrogen-bond acceptors (Lipinski definition) is 4. The molecule has 1 aliphatic rings. The summed E-state index contributed by atoms with van der Waals surface area (Å²) in [4.78, 5) is 20.4. The van der Waals surface area contributed by atoms with Crippen LogP contribution in [0.4, 0.5) is 0 Å². The summed E-state index contributed by atoms with van der Waals surface area (Å²) in [6, 6.07) is 15.6. The second-order valence-electron chi connectivity index (χ2n) is 6.63. The molecule has 0 aliphatic heterocycles. The highest BCUT2D eigenvalue weighted by atomic mass is 16.4. The van der Waals surface area contributed by atoms with Gasteiger partial charge in [0.1, 0.15) is 0 Å². The number of carboxylic acids is 1. The van der Waals surface area contributed by atoms with Crippen molar-refractivity contribution in [3.8, 4) is 0 Å². The number of carbonyl (C=O) groups is 2. The lowest BCUT2D eigenvalue weighted by Gasteiger charge is -2.15. The molecule has 6 heteroatoms. The second kappa shape index (κ2) is 10.4. The van der Waals surface area contributed by atoms with Crippen molar-refractivity contribution >= 4 is 12.4 Å². The smallest absolute Gasteiger partial charge is 0.335 e. The maximum absolute atomic E-state index is 10.3. The van der Waals surface area contributed by atoms with Gasteiger partial charge in [-0.25, -0.2) is 4.79 Å². The molecule has 0 fully saturated rings. The molecule has 0 saturated carbocycles. The minimum Gasteiger partial charge on any atom is -0.478 e. The zero-order valence-electron chi connectivity index (χ0n) is 15.4. The van der Waals surface area contributed by atoms with Crippen LogP contribution in [0.25, 0.3) is 0 Å². The van der Waals surface area contributed by atoms with Crippen LogP contribution in [0.3, 0.4) is 0 Å². The Kier molecular flexibility index (Phi) is 7.98. The molecule has 6 nitrogen and oxygen atoms in total. The number of amides is 1. The normalized spacial score (nSPS) is 13.9. The highest BCUT2D eigenvalue weighted by Crippen LogP contribution is 2.21. The molecule has 1 unspecified atom stereocenters. The first kappa shape index (κ1) is 20.6. The summed E-state index contributed by atoms with van der Waals surface area (Å²) in [5.74, 6) is -0.875. The van der Waals surface area contributed by atoms with E-state index in [1.165, 1.54) is 11.1 Å². The highest BCUT2D eigenvalue weighted by Gasteiger charge is 2.20. The second-order valence-corrected chi connectivity index (χ2v) is 6.63. The third-order valence-corrected chi connectivity index (χ3v) is 4.43. The lowest BCUT2D eigenvalue weighted by molar-refractivity contribution is -0.109. The third-order valence-electron chi connectivity index (χ3n) is 4.43. The minimum atomic E-state index is -0.875. The number of carbonyl (C=O) groups excluding carboxylic acids is 1. The molecule has 0 heterocycles. The Balaban J connectivity index is 0.000000223. The molecule has 4 N–H and O–H groups in total. The molecular formula is C21H26N2O4. The third kappa shape index (κ3) is 6.84. The van der Waals surface area contributed by atoms with Crippen molar-refractivity contribution in [1.82, 2.24) is 10.6 Å². The van der Waals surface area contributed by atoms with Crippen molar-refractivity contribution in [1.29, 1.82) is 0 Å². The van der Waals surface area contributed by atoms with Crippen LogP contribution in [0, 0.1) is 6.92 Å². The fourth-order valence-corrected chi connectivity index (χ4v) is 2.96. The lowest BCUT2D eigenvalue weighted by atomic mass is 10.1. The van der Waals surface area contributed by atoms with Gasteiger partial charge in [0, 0.05) is 19.1 Å². The predicted molar refractivity (Wildman–Crippen MR) is 104 cm³/mol. The van der Waals surface area contributed by atoms with E-state index in [-0.39, 0.29) is 0 Å². The standard InChI is InChI=1S/C13H18N2O2.C8H8O2/c16-9-14-7-13(17)8-15-12-5-10-3-1-2-4-11(10)6-12;1-6-2-4-7(5-3-6)8(9)10/h1-4,9,12-13,15,17H,5-8H2,(H,14,16);2-5H,1H3,(H,9,10). The van der Waals surface area contributed by atoms with E-state index in [1.807, 2.05) is 6.92 Å². The number of carboxylic acid groups (broad SMARTS) is 1. The predicted octanol–water partition coefficient (Wildman–Crippen LogP) is 1.54. The summed E-state index contributed by atoms with van der Waals surface area (Å²) >= 11 is 0. The summed E-state index contributed by atoms with van der Waals surface area (Å²) < 4.78 is 0. The van der Waals surface area contributed by atoms with Gasteiger partial charge >= 0.3 is 5.97 Å². The summed E-state index contributed by atoms with van der Waals surface area (Å²) in [6.45, 7) is 2.74. The van der Waals surface area contributed by atoms with Gasteiger partial charge in [-0.15, -0.1) is 0 Å². The maximum Gasteiger partial charge on any atom is 0.335 e. The van der Waals surface area contributed by atoms with E-state index in [0.717, 1.165) is 18.4 Å². The number of aliphatic hydroxyl groups excluding tert-OH is 1. The highest BCUT2D eigenvalue weighted by molar-refractivity contribution is 5.87. The number of aromatic carboxylic acids is 1. The fraction of sp³-hybridized carbons (Fsp3) is 0.333. The van der Waals surface area contributed by atoms with Crippen LogP contribution in [0.15, 0.2) is 48.5 Å². The van der Waals surface area contributed by atoms with E-state index >= 15 is 0 Å². The van der Waals surface area contributed by atoms with E-state index < -0.39 is 12.1 Å². The topological polar surface area (TPSA) is 98.7 Å². The van der Waals surface area contributed by atoms with E-state index in [1.54, 1.807) is 24.3 Å². The molecule has 27 heavy (non-hydrogen) atoms. The van der Waals surface area contributed by atoms with Gasteiger partial charge in [-0.1, -0.05) is 42.0 Å². The zero-order valence-corrected chi connectivity index (χ0v) is 15.4. The van der Waals surface area contributed by atoms with Crippen LogP contribution in [0.1, 0.15) is 27.0 Å². The number of rotatable bonds is 7. The van der Waals surface area contributed by atoms with Crippen molar-refractivity contribution in [3.05, 3.63) is 70.8 Å². The van der Waals surface area contributed by atoms with E-state index in [2.05, 4.69) is 34.9 Å². The van der Waals surface area contributed by atoms with Crippen LogP contribution in [0.5, 0.6) is 0 Å². The van der Waals surface area contributed by atoms with Gasteiger partial charge < -0.3 is 20.8 Å². The Bertz CT molecular complexity index is 721. The number of nitrogens with one attached hydrogen (secondary N) is 2. The summed E-state index contributed by atoms with van der Waals surface area (Å²) in [5.41, 5.74) is 4.20. The van der Waals surface area contributed by atoms with Gasteiger partial charge in [-0.3, -0.25) is 4.79 Å². The first-order chi connectivity index (χ1) is 13.0. The molecule has 3 rings (SSSR count). The Morgan fingerprint density at radius 1 is 1.11 bits per heavy atom. The Morgan fingerprint density at radius 3 is 2.22 bits per heavy atom. The van der Waals surface area contributed by atoms with E-state index in [0.29, 0.717) is 31.1 Å². The average molecular weight is 370 g/mol. The van der Waals surface area contributed by atoms with Gasteiger partial charge in [0.15, 0.2) is 0 Å².